The van der Waals surface area contributed by atoms with Crippen molar-refractivity contribution in [2.75, 3.05) is 0 Å². The van der Waals surface area contributed by atoms with Gasteiger partial charge in [-0.2, -0.15) is 0 Å². The summed E-state index contributed by atoms with van der Waals surface area (Å²) in [6, 6.07) is 0. The molecule has 0 aromatic heterocycles. The molecule has 1 aliphatic rings. The van der Waals surface area contributed by atoms with Crippen LogP contribution in [0.15, 0.2) is 24.3 Å². The Morgan fingerprint density at radius 2 is 1.57 bits per heavy atom. The number of Topliss-reactive ketones (excluding diaryl/α,β-unsaturated/α-hetero) is 1. The highest BCUT2D eigenvalue weighted by Crippen LogP contribution is 2.12. The molecule has 0 aliphatic heterocycles. The fourth-order valence-corrected chi connectivity index (χ4v) is 1.64. The van der Waals surface area contributed by atoms with Gasteiger partial charge in [-0.15, -0.1) is 0 Å². The second-order valence-electron chi connectivity index (χ2n) is 4.00. The number of ketones is 1. The number of rotatable bonds is 0. The minimum atomic E-state index is 0.243. The second kappa shape index (κ2) is 6.58. The van der Waals surface area contributed by atoms with Gasteiger partial charge >= 0.3 is 0 Å². The third kappa shape index (κ3) is 4.40. The van der Waals surface area contributed by atoms with Crippen molar-refractivity contribution in [3.63, 3.8) is 0 Å². The van der Waals surface area contributed by atoms with Crippen LogP contribution in [0.5, 0.6) is 0 Å². The molecular weight excluding hydrogens is 172 g/mol. The fraction of sp³-hybridized carbons (Fsp3) is 0.615. The van der Waals surface area contributed by atoms with Crippen LogP contribution < -0.4 is 0 Å². The quantitative estimate of drug-likeness (QED) is 0.535. The zero-order valence-electron chi connectivity index (χ0n) is 9.04. The molecule has 0 amide bonds. The number of hydrogen-bond acceptors (Lipinski definition) is 1. The van der Waals surface area contributed by atoms with Crippen LogP contribution in [0.4, 0.5) is 0 Å². The van der Waals surface area contributed by atoms with Crippen LogP contribution in [0, 0.1) is 5.92 Å². The standard InChI is InChI=1S/C13H20O/c1-12-10-8-6-4-2-3-5-7-9-11-13(12)14/h4-7,12H,2-3,8-11H2,1H3/b6-4-,7-5-. The molecule has 0 aromatic rings. The van der Waals surface area contributed by atoms with E-state index in [2.05, 4.69) is 24.3 Å². The first-order chi connectivity index (χ1) is 6.80. The van der Waals surface area contributed by atoms with E-state index >= 15 is 0 Å². The van der Waals surface area contributed by atoms with Crippen LogP contribution >= 0.6 is 0 Å². The molecule has 0 radical (unpaired) electrons. The lowest BCUT2D eigenvalue weighted by Gasteiger charge is -2.08. The van der Waals surface area contributed by atoms with Gasteiger partial charge in [-0.3, -0.25) is 4.79 Å². The van der Waals surface area contributed by atoms with Crippen LogP contribution in [0.2, 0.25) is 0 Å². The van der Waals surface area contributed by atoms with Crippen LogP contribution in [0.1, 0.15) is 45.4 Å². The van der Waals surface area contributed by atoms with Gasteiger partial charge in [0.15, 0.2) is 0 Å². The summed E-state index contributed by atoms with van der Waals surface area (Å²) >= 11 is 0. The smallest absolute Gasteiger partial charge is 0.136 e. The van der Waals surface area contributed by atoms with Crippen LogP contribution in [0.25, 0.3) is 0 Å². The molecule has 1 unspecified atom stereocenters. The average molecular weight is 192 g/mol. The van der Waals surface area contributed by atoms with E-state index in [4.69, 9.17) is 0 Å². The summed E-state index contributed by atoms with van der Waals surface area (Å²) in [6.45, 7) is 2.05. The molecule has 0 bridgehead atoms. The number of allylic oxidation sites excluding steroid dienone is 4. The Kier molecular flexibility index (Phi) is 5.28. The Hall–Kier alpha value is -0.850. The van der Waals surface area contributed by atoms with Crippen molar-refractivity contribution in [1.29, 1.82) is 0 Å². The number of hydrogen-bond donors (Lipinski definition) is 0. The van der Waals surface area contributed by atoms with E-state index in [1.807, 2.05) is 6.92 Å². The molecule has 0 heterocycles. The van der Waals surface area contributed by atoms with E-state index in [-0.39, 0.29) is 5.92 Å². The highest BCUT2D eigenvalue weighted by Gasteiger charge is 2.10. The molecular formula is C13H20O. The third-order valence-corrected chi connectivity index (χ3v) is 2.71. The van der Waals surface area contributed by atoms with Crippen LogP contribution in [0.3, 0.4) is 0 Å². The summed E-state index contributed by atoms with van der Waals surface area (Å²) in [5.41, 5.74) is 0. The normalized spacial score (nSPS) is 30.1. The molecule has 1 rings (SSSR count). The van der Waals surface area contributed by atoms with Crippen molar-refractivity contribution in [2.45, 2.75) is 45.4 Å². The Morgan fingerprint density at radius 1 is 1.00 bits per heavy atom. The average Bonchev–Trinajstić information content (AvgIpc) is 2.18. The van der Waals surface area contributed by atoms with Gasteiger partial charge in [-0.25, -0.2) is 0 Å². The molecule has 0 saturated heterocycles. The van der Waals surface area contributed by atoms with E-state index < -0.39 is 0 Å². The molecule has 1 aliphatic carbocycles. The lowest BCUT2D eigenvalue weighted by Crippen LogP contribution is -2.09. The molecule has 0 N–H and O–H groups in total. The summed E-state index contributed by atoms with van der Waals surface area (Å²) in [4.78, 5) is 11.6. The molecule has 14 heavy (non-hydrogen) atoms. The van der Waals surface area contributed by atoms with Crippen molar-refractivity contribution in [1.82, 2.24) is 0 Å². The van der Waals surface area contributed by atoms with Gasteiger partial charge in [-0.1, -0.05) is 31.2 Å². The molecule has 0 fully saturated rings. The predicted molar refractivity (Wildman–Crippen MR) is 60.2 cm³/mol. The molecule has 0 aromatic carbocycles. The Morgan fingerprint density at radius 3 is 2.29 bits per heavy atom. The van der Waals surface area contributed by atoms with Crippen molar-refractivity contribution < 1.29 is 4.79 Å². The van der Waals surface area contributed by atoms with E-state index in [0.29, 0.717) is 5.78 Å². The minimum absolute atomic E-state index is 0.243. The SMILES string of the molecule is CC1CC/C=C\CC/C=C\CCC1=O. The van der Waals surface area contributed by atoms with E-state index in [0.717, 1.165) is 38.5 Å². The van der Waals surface area contributed by atoms with Crippen molar-refractivity contribution in [3.05, 3.63) is 24.3 Å². The predicted octanol–water partition coefficient (Wildman–Crippen LogP) is 3.66. The van der Waals surface area contributed by atoms with Crippen molar-refractivity contribution in [2.24, 2.45) is 5.92 Å². The summed E-state index contributed by atoms with van der Waals surface area (Å²) in [5.74, 6) is 0.663. The van der Waals surface area contributed by atoms with Gasteiger partial charge in [0.1, 0.15) is 5.78 Å². The third-order valence-electron chi connectivity index (χ3n) is 2.71. The zero-order valence-corrected chi connectivity index (χ0v) is 9.04. The molecule has 0 spiro atoms. The lowest BCUT2D eigenvalue weighted by molar-refractivity contribution is -0.122. The first-order valence-electron chi connectivity index (χ1n) is 5.63. The van der Waals surface area contributed by atoms with Gasteiger partial charge < -0.3 is 0 Å². The van der Waals surface area contributed by atoms with Gasteiger partial charge in [0, 0.05) is 12.3 Å². The largest absolute Gasteiger partial charge is 0.299 e. The minimum Gasteiger partial charge on any atom is -0.299 e. The van der Waals surface area contributed by atoms with E-state index in [9.17, 15) is 4.79 Å². The highest BCUT2D eigenvalue weighted by atomic mass is 16.1. The first-order valence-corrected chi connectivity index (χ1v) is 5.63. The summed E-state index contributed by atoms with van der Waals surface area (Å²) < 4.78 is 0. The van der Waals surface area contributed by atoms with Gasteiger partial charge in [0.2, 0.25) is 0 Å². The van der Waals surface area contributed by atoms with Crippen LogP contribution in [-0.4, -0.2) is 5.78 Å². The summed E-state index contributed by atoms with van der Waals surface area (Å²) in [5, 5.41) is 0. The Bertz CT molecular complexity index is 225. The second-order valence-corrected chi connectivity index (χ2v) is 4.00. The van der Waals surface area contributed by atoms with Crippen molar-refractivity contribution in [3.8, 4) is 0 Å². The molecule has 1 nitrogen and oxygen atoms in total. The maximum absolute atomic E-state index is 11.6. The fourth-order valence-electron chi connectivity index (χ4n) is 1.64. The van der Waals surface area contributed by atoms with E-state index in [1.165, 1.54) is 0 Å². The monoisotopic (exact) mass is 192 g/mol. The topological polar surface area (TPSA) is 17.1 Å². The number of carbonyl (C=O) groups is 1. The maximum Gasteiger partial charge on any atom is 0.136 e. The molecule has 1 heteroatoms. The molecule has 78 valence electrons. The van der Waals surface area contributed by atoms with E-state index in [1.54, 1.807) is 0 Å². The van der Waals surface area contributed by atoms with Crippen molar-refractivity contribution >= 4 is 5.78 Å². The zero-order chi connectivity index (χ0) is 10.2. The molecule has 0 saturated carbocycles. The maximum atomic E-state index is 11.6. The summed E-state index contributed by atoms with van der Waals surface area (Å²) in [7, 11) is 0. The highest BCUT2D eigenvalue weighted by molar-refractivity contribution is 5.80. The van der Waals surface area contributed by atoms with Gasteiger partial charge in [0.25, 0.3) is 0 Å². The van der Waals surface area contributed by atoms with Gasteiger partial charge in [-0.05, 0) is 32.1 Å². The lowest BCUT2D eigenvalue weighted by atomic mass is 9.96. The Balaban J connectivity index is 2.45. The Labute approximate surface area is 86.9 Å². The molecule has 1 atom stereocenters. The summed E-state index contributed by atoms with van der Waals surface area (Å²) in [6.07, 6.45) is 14.7. The van der Waals surface area contributed by atoms with Gasteiger partial charge in [0.05, 0.1) is 0 Å². The first kappa shape index (κ1) is 11.2. The van der Waals surface area contributed by atoms with Crippen LogP contribution in [-0.2, 0) is 4.79 Å². The number of carbonyl (C=O) groups excluding carboxylic acids is 1.